The van der Waals surface area contributed by atoms with E-state index in [1.54, 1.807) is 6.07 Å². The van der Waals surface area contributed by atoms with Crippen molar-refractivity contribution in [1.82, 2.24) is 19.4 Å². The zero-order valence-electron chi connectivity index (χ0n) is 19.7. The van der Waals surface area contributed by atoms with Gasteiger partial charge < -0.3 is 9.47 Å². The van der Waals surface area contributed by atoms with Crippen LogP contribution in [0.25, 0.3) is 16.6 Å². The lowest BCUT2D eigenvalue weighted by molar-refractivity contribution is -0.137. The van der Waals surface area contributed by atoms with Crippen molar-refractivity contribution in [3.8, 4) is 0 Å². The third-order valence-electron chi connectivity index (χ3n) is 7.35. The molecule has 1 amide bonds. The molecule has 34 heavy (non-hydrogen) atoms. The van der Waals surface area contributed by atoms with Gasteiger partial charge in [-0.1, -0.05) is 47.8 Å². The van der Waals surface area contributed by atoms with E-state index < -0.39 is 0 Å². The van der Waals surface area contributed by atoms with Gasteiger partial charge in [-0.15, -0.1) is 0 Å². The van der Waals surface area contributed by atoms with Gasteiger partial charge in [-0.25, -0.2) is 4.98 Å². The zero-order chi connectivity index (χ0) is 23.8. The van der Waals surface area contributed by atoms with Gasteiger partial charge in [0.2, 0.25) is 5.91 Å². The van der Waals surface area contributed by atoms with Crippen LogP contribution in [0.3, 0.4) is 0 Å². The topological polar surface area (TPSA) is 41.4 Å². The fourth-order valence-electron chi connectivity index (χ4n) is 5.25. The van der Waals surface area contributed by atoms with E-state index in [-0.39, 0.29) is 18.0 Å². The second-order valence-electron chi connectivity index (χ2n) is 9.45. The van der Waals surface area contributed by atoms with Crippen LogP contribution < -0.4 is 0 Å². The number of nitrogens with zero attached hydrogens (tertiary/aromatic N) is 4. The maximum Gasteiger partial charge on any atom is 0.240 e. The molecule has 3 aromatic rings. The predicted octanol–water partition coefficient (Wildman–Crippen LogP) is 6.05. The number of likely N-dealkylation sites (tertiary alicyclic amines) is 1. The summed E-state index contributed by atoms with van der Waals surface area (Å²) in [6.07, 6.45) is 8.25. The molecule has 0 aliphatic carbocycles. The van der Waals surface area contributed by atoms with Crippen LogP contribution in [0.4, 0.5) is 0 Å². The summed E-state index contributed by atoms with van der Waals surface area (Å²) in [5, 5.41) is 1.28. The molecule has 2 aromatic carbocycles. The van der Waals surface area contributed by atoms with E-state index in [1.807, 2.05) is 23.4 Å². The normalized spacial score (nSPS) is 20.4. The Kier molecular flexibility index (Phi) is 6.70. The number of carbonyl (C=O) groups is 1. The Labute approximate surface area is 211 Å². The molecule has 5 rings (SSSR count). The number of hydrogen-bond acceptors (Lipinski definition) is 3. The average molecular weight is 497 g/mol. The first-order chi connectivity index (χ1) is 16.4. The van der Waals surface area contributed by atoms with Gasteiger partial charge in [0.15, 0.2) is 0 Å². The van der Waals surface area contributed by atoms with E-state index in [9.17, 15) is 4.79 Å². The third kappa shape index (κ3) is 4.49. The fraction of sp³-hybridized carbons (Fsp3) is 0.407. The second-order valence-corrected chi connectivity index (χ2v) is 10.3. The van der Waals surface area contributed by atoms with Gasteiger partial charge in [0.1, 0.15) is 0 Å². The van der Waals surface area contributed by atoms with Crippen molar-refractivity contribution in [2.45, 2.75) is 44.7 Å². The molecular formula is C27H30Cl2N4O. The highest BCUT2D eigenvalue weighted by molar-refractivity contribution is 6.35. The van der Waals surface area contributed by atoms with Crippen LogP contribution in [0.5, 0.6) is 0 Å². The summed E-state index contributed by atoms with van der Waals surface area (Å²) >= 11 is 12.6. The Morgan fingerprint density at radius 1 is 1.12 bits per heavy atom. The zero-order valence-corrected chi connectivity index (χ0v) is 21.2. The first-order valence-electron chi connectivity index (χ1n) is 12.0. The minimum atomic E-state index is 0.0194. The van der Waals surface area contributed by atoms with Gasteiger partial charge >= 0.3 is 0 Å². The summed E-state index contributed by atoms with van der Waals surface area (Å²) in [6.45, 7) is 4.57. The second kappa shape index (κ2) is 9.73. The van der Waals surface area contributed by atoms with Crippen molar-refractivity contribution in [2.24, 2.45) is 0 Å². The molecule has 0 saturated carbocycles. The van der Waals surface area contributed by atoms with Crippen LogP contribution in [0.2, 0.25) is 10.0 Å². The van der Waals surface area contributed by atoms with Gasteiger partial charge in [0.05, 0.1) is 29.4 Å². The SMILES string of the molecule is C[C@H](c1ccc(Cl)cc1Cl)n1cnc2ccc(C3=CCN(C(=O)[C@H]4CCCCN4C)CC3)cc21. The lowest BCUT2D eigenvalue weighted by Crippen LogP contribution is -2.50. The molecule has 2 aliphatic heterocycles. The first-order valence-corrected chi connectivity index (χ1v) is 12.8. The Balaban J connectivity index is 1.37. The molecule has 0 spiro atoms. The molecule has 0 radical (unpaired) electrons. The molecule has 0 unspecified atom stereocenters. The largest absolute Gasteiger partial charge is 0.337 e. The van der Waals surface area contributed by atoms with E-state index in [0.29, 0.717) is 16.6 Å². The maximum atomic E-state index is 13.1. The molecule has 0 bridgehead atoms. The molecule has 2 atom stereocenters. The molecule has 5 nitrogen and oxygen atoms in total. The quantitative estimate of drug-likeness (QED) is 0.441. The standard InChI is InChI=1S/C27H30Cl2N4O/c1-18(22-8-7-21(28)16-23(22)29)33-17-30-24-9-6-20(15-26(24)33)19-10-13-32(14-11-19)27(34)25-5-3-4-12-31(25)2/h6-10,15-18,25H,3-5,11-14H2,1-2H3/t18-,25-/m1/s1. The number of piperidine rings is 1. The summed E-state index contributed by atoms with van der Waals surface area (Å²) in [5.41, 5.74) is 5.50. The summed E-state index contributed by atoms with van der Waals surface area (Å²) in [7, 11) is 2.07. The van der Waals surface area contributed by atoms with Gasteiger partial charge in [-0.3, -0.25) is 9.69 Å². The van der Waals surface area contributed by atoms with E-state index in [2.05, 4.69) is 52.7 Å². The van der Waals surface area contributed by atoms with Crippen molar-refractivity contribution >= 4 is 45.7 Å². The van der Waals surface area contributed by atoms with Crippen molar-refractivity contribution in [1.29, 1.82) is 0 Å². The van der Waals surface area contributed by atoms with Crippen LogP contribution in [-0.4, -0.2) is 58.0 Å². The van der Waals surface area contributed by atoms with Gasteiger partial charge in [-0.05, 0) is 80.7 Å². The van der Waals surface area contributed by atoms with Crippen molar-refractivity contribution in [3.63, 3.8) is 0 Å². The smallest absolute Gasteiger partial charge is 0.240 e. The lowest BCUT2D eigenvalue weighted by atomic mass is 9.97. The number of likely N-dealkylation sites (N-methyl/N-ethyl adjacent to an activating group) is 1. The van der Waals surface area contributed by atoms with Crippen LogP contribution in [0, 0.1) is 0 Å². The molecule has 1 aromatic heterocycles. The third-order valence-corrected chi connectivity index (χ3v) is 7.91. The van der Waals surface area contributed by atoms with Crippen molar-refractivity contribution < 1.29 is 4.79 Å². The van der Waals surface area contributed by atoms with Gasteiger partial charge in [0.25, 0.3) is 0 Å². The van der Waals surface area contributed by atoms with Crippen molar-refractivity contribution in [3.05, 3.63) is 70.0 Å². The van der Waals surface area contributed by atoms with E-state index in [4.69, 9.17) is 23.2 Å². The highest BCUT2D eigenvalue weighted by Gasteiger charge is 2.30. The van der Waals surface area contributed by atoms with E-state index in [0.717, 1.165) is 48.9 Å². The van der Waals surface area contributed by atoms with Crippen LogP contribution >= 0.6 is 23.2 Å². The summed E-state index contributed by atoms with van der Waals surface area (Å²) < 4.78 is 2.16. The number of amides is 1. The number of fused-ring (bicyclic) bond motifs is 1. The fourth-order valence-corrected chi connectivity index (χ4v) is 5.82. The number of benzene rings is 2. The van der Waals surface area contributed by atoms with E-state index >= 15 is 0 Å². The lowest BCUT2D eigenvalue weighted by Gasteiger charge is -2.36. The Morgan fingerprint density at radius 3 is 2.71 bits per heavy atom. The summed E-state index contributed by atoms with van der Waals surface area (Å²) in [4.78, 5) is 21.9. The van der Waals surface area contributed by atoms with Crippen LogP contribution in [-0.2, 0) is 4.79 Å². The highest BCUT2D eigenvalue weighted by atomic mass is 35.5. The molecular weight excluding hydrogens is 467 g/mol. The van der Waals surface area contributed by atoms with Gasteiger partial charge in [-0.2, -0.15) is 0 Å². The number of hydrogen-bond donors (Lipinski definition) is 0. The minimum Gasteiger partial charge on any atom is -0.337 e. The highest BCUT2D eigenvalue weighted by Crippen LogP contribution is 2.32. The molecule has 178 valence electrons. The van der Waals surface area contributed by atoms with E-state index in [1.165, 1.54) is 17.6 Å². The Morgan fingerprint density at radius 2 is 1.97 bits per heavy atom. The molecule has 2 aliphatic rings. The molecule has 7 heteroatoms. The van der Waals surface area contributed by atoms with Crippen LogP contribution in [0.15, 0.2) is 48.8 Å². The number of imidazole rings is 1. The first kappa shape index (κ1) is 23.4. The monoisotopic (exact) mass is 496 g/mol. The molecule has 0 N–H and O–H groups in total. The summed E-state index contributed by atoms with van der Waals surface area (Å²) in [6, 6.07) is 12.1. The predicted molar refractivity (Wildman–Crippen MR) is 139 cm³/mol. The number of aromatic nitrogens is 2. The van der Waals surface area contributed by atoms with Crippen molar-refractivity contribution in [2.75, 3.05) is 26.7 Å². The average Bonchev–Trinajstić information content (AvgIpc) is 3.27. The van der Waals surface area contributed by atoms with Gasteiger partial charge in [0, 0.05) is 23.1 Å². The Hall–Kier alpha value is -2.34. The molecule has 3 heterocycles. The number of rotatable bonds is 4. The Bertz CT molecular complexity index is 1250. The number of halogens is 2. The summed E-state index contributed by atoms with van der Waals surface area (Å²) in [5.74, 6) is 0.277. The van der Waals surface area contributed by atoms with Crippen LogP contribution in [0.1, 0.15) is 49.8 Å². The molecule has 1 saturated heterocycles. The minimum absolute atomic E-state index is 0.0194. The number of carbonyl (C=O) groups excluding carboxylic acids is 1. The maximum absolute atomic E-state index is 13.1. The molecule has 1 fully saturated rings.